The van der Waals surface area contributed by atoms with Crippen molar-refractivity contribution in [2.45, 2.75) is 31.2 Å². The average Bonchev–Trinajstić information content (AvgIpc) is 3.01. The van der Waals surface area contributed by atoms with Gasteiger partial charge in [0, 0.05) is 7.05 Å². The van der Waals surface area contributed by atoms with E-state index < -0.39 is 10.0 Å². The minimum Gasteiger partial charge on any atom is -0.334 e. The van der Waals surface area contributed by atoms with E-state index in [1.807, 2.05) is 13.8 Å². The summed E-state index contributed by atoms with van der Waals surface area (Å²) in [5.74, 6) is -0.106. The van der Waals surface area contributed by atoms with Gasteiger partial charge in [-0.3, -0.25) is 4.79 Å². The maximum atomic E-state index is 12.5. The van der Waals surface area contributed by atoms with Crippen LogP contribution >= 0.6 is 11.3 Å². The largest absolute Gasteiger partial charge is 0.334 e. The van der Waals surface area contributed by atoms with Crippen molar-refractivity contribution in [2.75, 3.05) is 7.05 Å². The Labute approximate surface area is 140 Å². The first-order chi connectivity index (χ1) is 10.7. The highest BCUT2D eigenvalue weighted by Crippen LogP contribution is 2.24. The first-order valence-electron chi connectivity index (χ1n) is 7.08. The first-order valence-corrected chi connectivity index (χ1v) is 9.45. The average molecular weight is 353 g/mol. The predicted octanol–water partition coefficient (Wildman–Crippen LogP) is 2.19. The van der Waals surface area contributed by atoms with Crippen LogP contribution < -0.4 is 5.14 Å². The van der Waals surface area contributed by atoms with Crippen molar-refractivity contribution < 1.29 is 13.2 Å². The number of rotatable bonds is 5. The van der Waals surface area contributed by atoms with Gasteiger partial charge in [0.15, 0.2) is 0 Å². The van der Waals surface area contributed by atoms with Crippen molar-refractivity contribution in [1.82, 2.24) is 9.88 Å². The molecule has 2 aromatic rings. The second-order valence-corrected chi connectivity index (χ2v) is 7.85. The molecule has 8 heteroatoms. The monoisotopic (exact) mass is 353 g/mol. The van der Waals surface area contributed by atoms with Crippen molar-refractivity contribution in [2.24, 2.45) is 5.14 Å². The summed E-state index contributed by atoms with van der Waals surface area (Å²) in [5.41, 5.74) is 0.827. The number of primary sulfonamides is 1. The molecular formula is C15H19N3O3S2. The molecule has 1 unspecified atom stereocenters. The number of carbonyl (C=O) groups is 1. The number of hydrogen-bond acceptors (Lipinski definition) is 5. The van der Waals surface area contributed by atoms with Crippen LogP contribution in [0.4, 0.5) is 0 Å². The summed E-state index contributed by atoms with van der Waals surface area (Å²) in [6.45, 7) is 3.87. The number of nitrogens with two attached hydrogens (primary N) is 1. The van der Waals surface area contributed by atoms with Crippen molar-refractivity contribution >= 4 is 27.3 Å². The molecule has 0 radical (unpaired) electrons. The van der Waals surface area contributed by atoms with Gasteiger partial charge in [0.05, 0.1) is 22.1 Å². The van der Waals surface area contributed by atoms with Gasteiger partial charge in [-0.1, -0.05) is 19.1 Å². The highest BCUT2D eigenvalue weighted by molar-refractivity contribution is 7.89. The number of sulfonamides is 1. The molecule has 23 heavy (non-hydrogen) atoms. The van der Waals surface area contributed by atoms with Crippen LogP contribution in [-0.4, -0.2) is 31.3 Å². The molecule has 6 nitrogen and oxygen atoms in total. The van der Waals surface area contributed by atoms with Crippen LogP contribution in [0.15, 0.2) is 35.4 Å². The number of benzene rings is 1. The second-order valence-electron chi connectivity index (χ2n) is 5.18. The zero-order valence-electron chi connectivity index (χ0n) is 13.2. The SMILES string of the molecule is CCc1ncc(C(=O)N(C)C(C)c2ccc(S(N)(=O)=O)cc2)s1. The Morgan fingerprint density at radius 1 is 1.35 bits per heavy atom. The van der Waals surface area contributed by atoms with Crippen LogP contribution in [-0.2, 0) is 16.4 Å². The van der Waals surface area contributed by atoms with Gasteiger partial charge in [-0.2, -0.15) is 0 Å². The van der Waals surface area contributed by atoms with Crippen molar-refractivity contribution in [3.63, 3.8) is 0 Å². The normalized spacial score (nSPS) is 12.9. The lowest BCUT2D eigenvalue weighted by Crippen LogP contribution is -2.29. The number of aromatic nitrogens is 1. The minimum absolute atomic E-state index is 0.0532. The van der Waals surface area contributed by atoms with Crippen LogP contribution in [0.25, 0.3) is 0 Å². The maximum absolute atomic E-state index is 12.5. The smallest absolute Gasteiger partial charge is 0.265 e. The zero-order chi connectivity index (χ0) is 17.2. The Balaban J connectivity index is 2.18. The number of nitrogens with zero attached hydrogens (tertiary/aromatic N) is 2. The van der Waals surface area contributed by atoms with Crippen LogP contribution in [0.5, 0.6) is 0 Å². The van der Waals surface area contributed by atoms with Gasteiger partial charge in [0.1, 0.15) is 4.88 Å². The lowest BCUT2D eigenvalue weighted by atomic mass is 10.1. The highest BCUT2D eigenvalue weighted by atomic mass is 32.2. The number of aryl methyl sites for hydroxylation is 1. The molecule has 1 aromatic heterocycles. The number of hydrogen-bond donors (Lipinski definition) is 1. The van der Waals surface area contributed by atoms with E-state index in [2.05, 4.69) is 4.98 Å². The van der Waals surface area contributed by atoms with Crippen molar-refractivity contribution in [3.8, 4) is 0 Å². The molecule has 0 saturated heterocycles. The van der Waals surface area contributed by atoms with Gasteiger partial charge in [-0.25, -0.2) is 18.5 Å². The molecule has 1 amide bonds. The zero-order valence-corrected chi connectivity index (χ0v) is 14.8. The number of thiazole rings is 1. The summed E-state index contributed by atoms with van der Waals surface area (Å²) in [6.07, 6.45) is 2.39. The van der Waals surface area contributed by atoms with Gasteiger partial charge < -0.3 is 4.90 Å². The predicted molar refractivity (Wildman–Crippen MR) is 89.8 cm³/mol. The molecule has 1 aromatic carbocycles. The molecule has 0 fully saturated rings. The van der Waals surface area contributed by atoms with Crippen LogP contribution in [0.3, 0.4) is 0 Å². The summed E-state index contributed by atoms with van der Waals surface area (Å²) in [5, 5.41) is 6.01. The van der Waals surface area contributed by atoms with Crippen LogP contribution in [0.1, 0.15) is 40.1 Å². The van der Waals surface area contributed by atoms with E-state index in [9.17, 15) is 13.2 Å². The standard InChI is InChI=1S/C15H19N3O3S2/c1-4-14-17-9-13(22-14)15(19)18(3)10(2)11-5-7-12(8-6-11)23(16,20)21/h5-10H,4H2,1-3H3,(H2,16,20,21). The summed E-state index contributed by atoms with van der Waals surface area (Å²) in [7, 11) is -2.00. The Hall–Kier alpha value is -1.77. The molecule has 2 N–H and O–H groups in total. The molecule has 0 aliphatic heterocycles. The van der Waals surface area contributed by atoms with Gasteiger partial charge in [-0.05, 0) is 31.0 Å². The summed E-state index contributed by atoms with van der Waals surface area (Å²) in [4.78, 5) is 19.0. The Bertz CT molecular complexity index is 798. The van der Waals surface area contributed by atoms with E-state index in [0.29, 0.717) is 4.88 Å². The van der Waals surface area contributed by atoms with Crippen LogP contribution in [0, 0.1) is 0 Å². The van der Waals surface area contributed by atoms with Gasteiger partial charge in [-0.15, -0.1) is 11.3 Å². The minimum atomic E-state index is -3.71. The fourth-order valence-corrected chi connectivity index (χ4v) is 3.44. The van der Waals surface area contributed by atoms with Crippen LogP contribution in [0.2, 0.25) is 0 Å². The molecule has 0 aliphatic carbocycles. The maximum Gasteiger partial charge on any atom is 0.265 e. The lowest BCUT2D eigenvalue weighted by Gasteiger charge is -2.24. The van der Waals surface area contributed by atoms with E-state index in [1.54, 1.807) is 30.3 Å². The third kappa shape index (κ3) is 3.95. The Kier molecular flexibility index (Phi) is 5.18. The van der Waals surface area contributed by atoms with Gasteiger partial charge >= 0.3 is 0 Å². The summed E-state index contributed by atoms with van der Waals surface area (Å²) in [6, 6.07) is 6.02. The molecule has 0 saturated carbocycles. The van der Waals surface area contributed by atoms with E-state index in [4.69, 9.17) is 5.14 Å². The van der Waals surface area contributed by atoms with Gasteiger partial charge in [0.25, 0.3) is 5.91 Å². The van der Waals surface area contributed by atoms with Gasteiger partial charge in [0.2, 0.25) is 10.0 Å². The highest BCUT2D eigenvalue weighted by Gasteiger charge is 2.21. The molecule has 2 rings (SSSR count). The third-order valence-corrected chi connectivity index (χ3v) is 5.72. The number of amides is 1. The topological polar surface area (TPSA) is 93.4 Å². The van der Waals surface area contributed by atoms with E-state index in [1.165, 1.54) is 23.5 Å². The first kappa shape index (κ1) is 17.6. The van der Waals surface area contributed by atoms with E-state index >= 15 is 0 Å². The molecule has 0 aliphatic rings. The fraction of sp³-hybridized carbons (Fsp3) is 0.333. The molecule has 124 valence electrons. The summed E-state index contributed by atoms with van der Waals surface area (Å²) >= 11 is 1.39. The fourth-order valence-electron chi connectivity index (χ4n) is 2.08. The third-order valence-electron chi connectivity index (χ3n) is 3.66. The molecule has 1 atom stereocenters. The Morgan fingerprint density at radius 3 is 2.43 bits per heavy atom. The number of carbonyl (C=O) groups excluding carboxylic acids is 1. The van der Waals surface area contributed by atoms with Crippen molar-refractivity contribution in [1.29, 1.82) is 0 Å². The van der Waals surface area contributed by atoms with E-state index in [0.717, 1.165) is 17.0 Å². The molecule has 0 spiro atoms. The summed E-state index contributed by atoms with van der Waals surface area (Å²) < 4.78 is 22.6. The van der Waals surface area contributed by atoms with E-state index in [-0.39, 0.29) is 16.8 Å². The lowest BCUT2D eigenvalue weighted by molar-refractivity contribution is 0.0747. The molecule has 0 bridgehead atoms. The molecular weight excluding hydrogens is 334 g/mol. The van der Waals surface area contributed by atoms with Crippen molar-refractivity contribution in [3.05, 3.63) is 45.9 Å². The quantitative estimate of drug-likeness (QED) is 0.891. The molecule has 1 heterocycles. The Morgan fingerprint density at radius 2 is 1.96 bits per heavy atom. The second kappa shape index (κ2) is 6.77.